The molecular weight excluding hydrogens is 249 g/mol. The van der Waals surface area contributed by atoms with Crippen molar-refractivity contribution in [1.29, 1.82) is 5.26 Å². The summed E-state index contributed by atoms with van der Waals surface area (Å²) >= 11 is 0. The summed E-state index contributed by atoms with van der Waals surface area (Å²) in [6.45, 7) is 1.72. The number of nitrogens with one attached hydrogen (secondary N) is 1. The van der Waals surface area contributed by atoms with E-state index in [-0.39, 0.29) is 11.4 Å². The molecule has 96 valence electrons. The highest BCUT2D eigenvalue weighted by Crippen LogP contribution is 2.16. The molecule has 0 fully saturated rings. The number of hydrogen-bond acceptors (Lipinski definition) is 3. The van der Waals surface area contributed by atoms with Crippen LogP contribution in [0.15, 0.2) is 40.1 Å². The van der Waals surface area contributed by atoms with E-state index in [1.165, 1.54) is 22.9 Å². The lowest BCUT2D eigenvalue weighted by molar-refractivity contribution is 0.587. The smallest absolute Gasteiger partial charge is 0.292 e. The van der Waals surface area contributed by atoms with Crippen molar-refractivity contribution in [3.8, 4) is 6.07 Å². The number of benzene rings is 1. The van der Waals surface area contributed by atoms with Gasteiger partial charge in [0.05, 0.1) is 6.04 Å². The second kappa shape index (κ2) is 4.90. The standard InChI is InChI=1S/C13H10FN3O2/c1-8(9-2-4-11(14)5-3-9)17-7-10(6-15)12(18)16-13(17)19/h2-5,7-8H,1H3,(H,16,18,19). The number of aromatic amines is 1. The number of hydrogen-bond donors (Lipinski definition) is 1. The van der Waals surface area contributed by atoms with Crippen LogP contribution in [0, 0.1) is 17.1 Å². The Morgan fingerprint density at radius 2 is 1.95 bits per heavy atom. The minimum Gasteiger partial charge on any atom is -0.292 e. The lowest BCUT2D eigenvalue weighted by Crippen LogP contribution is -2.33. The number of H-pyrrole nitrogens is 1. The predicted molar refractivity (Wildman–Crippen MR) is 66.3 cm³/mol. The van der Waals surface area contributed by atoms with Gasteiger partial charge >= 0.3 is 5.69 Å². The van der Waals surface area contributed by atoms with Gasteiger partial charge in [0, 0.05) is 6.20 Å². The van der Waals surface area contributed by atoms with Crippen molar-refractivity contribution in [3.05, 3.63) is 68.2 Å². The predicted octanol–water partition coefficient (Wildman–Crippen LogP) is 1.16. The summed E-state index contributed by atoms with van der Waals surface area (Å²) < 4.78 is 14.1. The van der Waals surface area contributed by atoms with E-state index in [1.54, 1.807) is 25.1 Å². The Morgan fingerprint density at radius 1 is 1.32 bits per heavy atom. The van der Waals surface area contributed by atoms with Crippen molar-refractivity contribution in [2.75, 3.05) is 0 Å². The van der Waals surface area contributed by atoms with Gasteiger partial charge in [0.25, 0.3) is 5.56 Å². The fourth-order valence-corrected chi connectivity index (χ4v) is 1.75. The van der Waals surface area contributed by atoms with Crippen LogP contribution in [-0.4, -0.2) is 9.55 Å². The lowest BCUT2D eigenvalue weighted by atomic mass is 10.1. The normalized spacial score (nSPS) is 11.8. The van der Waals surface area contributed by atoms with Crippen molar-refractivity contribution in [2.24, 2.45) is 0 Å². The molecule has 2 aromatic rings. The van der Waals surface area contributed by atoms with E-state index in [0.717, 1.165) is 0 Å². The molecular formula is C13H10FN3O2. The van der Waals surface area contributed by atoms with Gasteiger partial charge in [0.2, 0.25) is 0 Å². The van der Waals surface area contributed by atoms with Crippen LogP contribution in [0.2, 0.25) is 0 Å². The van der Waals surface area contributed by atoms with Crippen LogP contribution in [0.4, 0.5) is 4.39 Å². The molecule has 1 unspecified atom stereocenters. The third-order valence-electron chi connectivity index (χ3n) is 2.86. The highest BCUT2D eigenvalue weighted by atomic mass is 19.1. The maximum atomic E-state index is 12.8. The summed E-state index contributed by atoms with van der Waals surface area (Å²) in [5.74, 6) is -0.373. The van der Waals surface area contributed by atoms with Gasteiger partial charge < -0.3 is 0 Å². The summed E-state index contributed by atoms with van der Waals surface area (Å²) in [5.41, 5.74) is -0.774. The second-order valence-corrected chi connectivity index (χ2v) is 4.05. The first-order valence-electron chi connectivity index (χ1n) is 5.54. The van der Waals surface area contributed by atoms with Gasteiger partial charge in [-0.15, -0.1) is 0 Å². The van der Waals surface area contributed by atoms with Gasteiger partial charge in [0.15, 0.2) is 0 Å². The molecule has 0 saturated carbocycles. The number of aromatic nitrogens is 2. The molecule has 0 spiro atoms. The van der Waals surface area contributed by atoms with Gasteiger partial charge in [-0.25, -0.2) is 9.18 Å². The van der Waals surface area contributed by atoms with Crippen LogP contribution in [0.5, 0.6) is 0 Å². The van der Waals surface area contributed by atoms with Crippen molar-refractivity contribution in [3.63, 3.8) is 0 Å². The number of halogens is 1. The zero-order valence-electron chi connectivity index (χ0n) is 10.1. The summed E-state index contributed by atoms with van der Waals surface area (Å²) in [6.07, 6.45) is 1.20. The van der Waals surface area contributed by atoms with Crippen LogP contribution in [-0.2, 0) is 0 Å². The maximum Gasteiger partial charge on any atom is 0.328 e. The summed E-state index contributed by atoms with van der Waals surface area (Å²) in [7, 11) is 0. The van der Waals surface area contributed by atoms with Crippen LogP contribution < -0.4 is 11.2 Å². The van der Waals surface area contributed by atoms with Gasteiger partial charge in [-0.1, -0.05) is 12.1 Å². The topological polar surface area (TPSA) is 78.7 Å². The van der Waals surface area contributed by atoms with Crippen LogP contribution in [0.1, 0.15) is 24.1 Å². The van der Waals surface area contributed by atoms with Crippen LogP contribution in [0.25, 0.3) is 0 Å². The average Bonchev–Trinajstić information content (AvgIpc) is 2.39. The fraction of sp³-hybridized carbons (Fsp3) is 0.154. The quantitative estimate of drug-likeness (QED) is 0.878. The molecule has 0 saturated heterocycles. The Labute approximate surface area is 107 Å². The van der Waals surface area contributed by atoms with Gasteiger partial charge in [-0.2, -0.15) is 5.26 Å². The van der Waals surface area contributed by atoms with E-state index < -0.39 is 17.3 Å². The van der Waals surface area contributed by atoms with E-state index in [2.05, 4.69) is 4.98 Å². The highest BCUT2D eigenvalue weighted by molar-refractivity contribution is 5.24. The molecule has 0 radical (unpaired) electrons. The Hall–Kier alpha value is -2.68. The third-order valence-corrected chi connectivity index (χ3v) is 2.86. The molecule has 1 atom stereocenters. The maximum absolute atomic E-state index is 12.8. The van der Waals surface area contributed by atoms with Crippen molar-refractivity contribution in [2.45, 2.75) is 13.0 Å². The SMILES string of the molecule is CC(c1ccc(F)cc1)n1cc(C#N)c(=O)[nH]c1=O. The largest absolute Gasteiger partial charge is 0.328 e. The van der Waals surface area contributed by atoms with Crippen LogP contribution >= 0.6 is 0 Å². The van der Waals surface area contributed by atoms with Gasteiger partial charge in [0.1, 0.15) is 17.4 Å². The Morgan fingerprint density at radius 3 is 2.53 bits per heavy atom. The summed E-state index contributed by atoms with van der Waals surface area (Å²) in [4.78, 5) is 25.1. The molecule has 6 heteroatoms. The first kappa shape index (κ1) is 12.8. The molecule has 19 heavy (non-hydrogen) atoms. The highest BCUT2D eigenvalue weighted by Gasteiger charge is 2.12. The first-order valence-corrected chi connectivity index (χ1v) is 5.54. The minimum atomic E-state index is -0.713. The summed E-state index contributed by atoms with van der Waals surface area (Å²) in [6, 6.07) is 6.96. The van der Waals surface area contributed by atoms with E-state index in [1.807, 2.05) is 0 Å². The first-order chi connectivity index (χ1) is 9.02. The monoisotopic (exact) mass is 259 g/mol. The molecule has 0 aliphatic heterocycles. The number of nitriles is 1. The zero-order chi connectivity index (χ0) is 14.0. The minimum absolute atomic E-state index is 0.145. The molecule has 2 rings (SSSR count). The Balaban J connectivity index is 2.53. The van der Waals surface area contributed by atoms with E-state index in [4.69, 9.17) is 5.26 Å². The van der Waals surface area contributed by atoms with E-state index in [0.29, 0.717) is 5.56 Å². The summed E-state index contributed by atoms with van der Waals surface area (Å²) in [5, 5.41) is 8.79. The molecule has 5 nitrogen and oxygen atoms in total. The third kappa shape index (κ3) is 2.45. The van der Waals surface area contributed by atoms with Crippen molar-refractivity contribution < 1.29 is 4.39 Å². The fourth-order valence-electron chi connectivity index (χ4n) is 1.75. The Kier molecular flexibility index (Phi) is 3.29. The molecule has 1 heterocycles. The van der Waals surface area contributed by atoms with Crippen molar-refractivity contribution in [1.82, 2.24) is 9.55 Å². The molecule has 1 N–H and O–H groups in total. The Bertz CT molecular complexity index is 753. The number of rotatable bonds is 2. The average molecular weight is 259 g/mol. The molecule has 0 aliphatic rings. The number of nitrogens with zero attached hydrogens (tertiary/aromatic N) is 2. The molecule has 0 bridgehead atoms. The molecule has 1 aromatic carbocycles. The van der Waals surface area contributed by atoms with Gasteiger partial charge in [-0.05, 0) is 24.6 Å². The van der Waals surface area contributed by atoms with Crippen LogP contribution in [0.3, 0.4) is 0 Å². The van der Waals surface area contributed by atoms with E-state index >= 15 is 0 Å². The second-order valence-electron chi connectivity index (χ2n) is 4.05. The van der Waals surface area contributed by atoms with Gasteiger partial charge in [-0.3, -0.25) is 14.3 Å². The molecule has 0 amide bonds. The molecule has 1 aromatic heterocycles. The molecule has 0 aliphatic carbocycles. The van der Waals surface area contributed by atoms with E-state index in [9.17, 15) is 14.0 Å². The lowest BCUT2D eigenvalue weighted by Gasteiger charge is -2.15. The van der Waals surface area contributed by atoms with Crippen molar-refractivity contribution >= 4 is 0 Å². The zero-order valence-corrected chi connectivity index (χ0v) is 10.1.